The number of nitrogens with zero attached hydrogens (tertiary/aromatic N) is 3. The predicted octanol–water partition coefficient (Wildman–Crippen LogP) is 3.43. The number of nitrogens with one attached hydrogen (secondary N) is 3. The summed E-state index contributed by atoms with van der Waals surface area (Å²) in [5, 5.41) is 9.32. The third-order valence-electron chi connectivity index (χ3n) is 5.77. The lowest BCUT2D eigenvalue weighted by molar-refractivity contribution is -0.126. The molecule has 182 valence electrons. The summed E-state index contributed by atoms with van der Waals surface area (Å²) in [5.41, 5.74) is 3.65. The van der Waals surface area contributed by atoms with Crippen molar-refractivity contribution in [2.24, 2.45) is 5.92 Å². The van der Waals surface area contributed by atoms with Gasteiger partial charge in [0.25, 0.3) is 0 Å². The van der Waals surface area contributed by atoms with Crippen molar-refractivity contribution >= 4 is 35.0 Å². The zero-order chi connectivity index (χ0) is 24.8. The third kappa shape index (κ3) is 6.26. The average Bonchev–Trinajstić information content (AvgIpc) is 3.24. The van der Waals surface area contributed by atoms with E-state index in [1.54, 1.807) is 12.0 Å². The van der Waals surface area contributed by atoms with E-state index in [-0.39, 0.29) is 24.2 Å². The number of ether oxygens (including phenoxy) is 1. The zero-order valence-electron chi connectivity index (χ0n) is 20.2. The van der Waals surface area contributed by atoms with Crippen molar-refractivity contribution < 1.29 is 14.3 Å². The molecule has 0 saturated carbocycles. The maximum atomic E-state index is 12.6. The van der Waals surface area contributed by atoms with Crippen LogP contribution < -0.4 is 25.6 Å². The predicted molar refractivity (Wildman–Crippen MR) is 136 cm³/mol. The van der Waals surface area contributed by atoms with Crippen LogP contribution in [-0.2, 0) is 9.59 Å². The number of hydrogen-bond donors (Lipinski definition) is 3. The van der Waals surface area contributed by atoms with E-state index in [0.717, 1.165) is 28.4 Å². The summed E-state index contributed by atoms with van der Waals surface area (Å²) >= 11 is 0. The molecule has 1 unspecified atom stereocenters. The molecule has 9 nitrogen and oxygen atoms in total. The van der Waals surface area contributed by atoms with Crippen LogP contribution in [0.2, 0.25) is 0 Å². The van der Waals surface area contributed by atoms with Gasteiger partial charge in [-0.3, -0.25) is 9.59 Å². The first kappa shape index (κ1) is 24.0. The first-order chi connectivity index (χ1) is 16.9. The summed E-state index contributed by atoms with van der Waals surface area (Å²) in [4.78, 5) is 35.6. The van der Waals surface area contributed by atoms with Gasteiger partial charge in [-0.25, -0.2) is 4.98 Å². The highest BCUT2D eigenvalue weighted by Gasteiger charge is 2.34. The highest BCUT2D eigenvalue weighted by molar-refractivity contribution is 6.00. The van der Waals surface area contributed by atoms with Gasteiger partial charge in [0.15, 0.2) is 0 Å². The van der Waals surface area contributed by atoms with Crippen molar-refractivity contribution in [1.29, 1.82) is 0 Å². The van der Waals surface area contributed by atoms with Crippen molar-refractivity contribution in [2.45, 2.75) is 20.3 Å². The first-order valence-corrected chi connectivity index (χ1v) is 11.6. The molecule has 1 aromatic heterocycles. The van der Waals surface area contributed by atoms with Gasteiger partial charge >= 0.3 is 0 Å². The number of rotatable bonds is 9. The summed E-state index contributed by atoms with van der Waals surface area (Å²) in [7, 11) is 1.63. The third-order valence-corrected chi connectivity index (χ3v) is 5.77. The molecule has 2 aromatic carbocycles. The van der Waals surface area contributed by atoms with E-state index in [1.165, 1.54) is 0 Å². The number of amides is 2. The van der Waals surface area contributed by atoms with E-state index in [0.29, 0.717) is 31.4 Å². The number of hydrogen-bond acceptors (Lipinski definition) is 7. The fourth-order valence-corrected chi connectivity index (χ4v) is 3.90. The zero-order valence-corrected chi connectivity index (χ0v) is 20.2. The van der Waals surface area contributed by atoms with Gasteiger partial charge in [-0.15, -0.1) is 0 Å². The Kier molecular flexibility index (Phi) is 7.45. The molecule has 1 saturated heterocycles. The molecule has 35 heavy (non-hydrogen) atoms. The highest BCUT2D eigenvalue weighted by Crippen LogP contribution is 2.25. The Labute approximate surface area is 204 Å². The average molecular weight is 475 g/mol. The number of aryl methyl sites for hydroxylation is 2. The SMILES string of the molecule is COc1ccc(Nc2cc(C)nc(NCCNC(=O)C3CC(=O)N(c4ccc(C)cc4)C3)n2)cc1. The van der Waals surface area contributed by atoms with E-state index in [2.05, 4.69) is 25.9 Å². The fraction of sp³-hybridized carbons (Fsp3) is 0.308. The Bertz CT molecular complexity index is 1180. The Morgan fingerprint density at radius 1 is 1.06 bits per heavy atom. The second-order valence-electron chi connectivity index (χ2n) is 8.53. The van der Waals surface area contributed by atoms with Crippen LogP contribution >= 0.6 is 0 Å². The van der Waals surface area contributed by atoms with Gasteiger partial charge in [0.05, 0.1) is 13.0 Å². The molecule has 2 heterocycles. The summed E-state index contributed by atoms with van der Waals surface area (Å²) in [6, 6.07) is 17.2. The summed E-state index contributed by atoms with van der Waals surface area (Å²) < 4.78 is 5.18. The number of carbonyl (C=O) groups excluding carboxylic acids is 2. The van der Waals surface area contributed by atoms with Crippen molar-refractivity contribution in [3.63, 3.8) is 0 Å². The van der Waals surface area contributed by atoms with Crippen LogP contribution in [0.1, 0.15) is 17.7 Å². The fourth-order valence-electron chi connectivity index (χ4n) is 3.90. The van der Waals surface area contributed by atoms with E-state index in [9.17, 15) is 9.59 Å². The molecule has 0 aliphatic carbocycles. The van der Waals surface area contributed by atoms with Crippen molar-refractivity contribution in [2.75, 3.05) is 42.3 Å². The summed E-state index contributed by atoms with van der Waals surface area (Å²) in [6.45, 7) is 5.14. The topological polar surface area (TPSA) is 108 Å². The largest absolute Gasteiger partial charge is 0.497 e. The maximum Gasteiger partial charge on any atom is 0.227 e. The molecule has 0 radical (unpaired) electrons. The minimum Gasteiger partial charge on any atom is -0.497 e. The van der Waals surface area contributed by atoms with Gasteiger partial charge in [0, 0.05) is 49.2 Å². The minimum atomic E-state index is -0.362. The van der Waals surface area contributed by atoms with Crippen molar-refractivity contribution in [3.8, 4) is 5.75 Å². The van der Waals surface area contributed by atoms with Crippen molar-refractivity contribution in [3.05, 3.63) is 65.9 Å². The molecule has 2 amide bonds. The van der Waals surface area contributed by atoms with Crippen LogP contribution in [0.4, 0.5) is 23.1 Å². The monoisotopic (exact) mass is 474 g/mol. The van der Waals surface area contributed by atoms with Crippen LogP contribution in [0.3, 0.4) is 0 Å². The normalized spacial score (nSPS) is 15.1. The second-order valence-corrected chi connectivity index (χ2v) is 8.53. The molecule has 4 rings (SSSR count). The van der Waals surface area contributed by atoms with E-state index >= 15 is 0 Å². The molecular formula is C26H30N6O3. The smallest absolute Gasteiger partial charge is 0.227 e. The molecule has 9 heteroatoms. The van der Waals surface area contributed by atoms with Crippen LogP contribution in [0.25, 0.3) is 0 Å². The number of methoxy groups -OCH3 is 1. The lowest BCUT2D eigenvalue weighted by atomic mass is 10.1. The molecule has 1 atom stereocenters. The van der Waals surface area contributed by atoms with Gasteiger partial charge < -0.3 is 25.6 Å². The quantitative estimate of drug-likeness (QED) is 0.408. The van der Waals surface area contributed by atoms with Gasteiger partial charge in [0.1, 0.15) is 11.6 Å². The molecule has 3 N–H and O–H groups in total. The van der Waals surface area contributed by atoms with Gasteiger partial charge in [0.2, 0.25) is 17.8 Å². The Hall–Kier alpha value is -4.14. The van der Waals surface area contributed by atoms with Crippen LogP contribution in [0.5, 0.6) is 5.75 Å². The Morgan fingerprint density at radius 3 is 2.51 bits per heavy atom. The number of benzene rings is 2. The molecule has 0 bridgehead atoms. The Morgan fingerprint density at radius 2 is 1.80 bits per heavy atom. The molecule has 1 fully saturated rings. The number of carbonyl (C=O) groups is 2. The van der Waals surface area contributed by atoms with E-state index in [4.69, 9.17) is 4.74 Å². The first-order valence-electron chi connectivity index (χ1n) is 11.6. The van der Waals surface area contributed by atoms with Gasteiger partial charge in [-0.1, -0.05) is 17.7 Å². The van der Waals surface area contributed by atoms with Gasteiger partial charge in [-0.2, -0.15) is 4.98 Å². The summed E-state index contributed by atoms with van der Waals surface area (Å²) in [5.74, 6) is 1.40. The lowest BCUT2D eigenvalue weighted by Crippen LogP contribution is -2.35. The highest BCUT2D eigenvalue weighted by atomic mass is 16.5. The van der Waals surface area contributed by atoms with Crippen LogP contribution in [0.15, 0.2) is 54.6 Å². The molecule has 1 aliphatic heterocycles. The van der Waals surface area contributed by atoms with Gasteiger partial charge in [-0.05, 0) is 50.2 Å². The number of aromatic nitrogens is 2. The Balaban J connectivity index is 1.26. The van der Waals surface area contributed by atoms with Crippen LogP contribution in [-0.4, -0.2) is 48.5 Å². The number of anilines is 4. The van der Waals surface area contributed by atoms with E-state index in [1.807, 2.05) is 68.4 Å². The molecule has 0 spiro atoms. The second kappa shape index (κ2) is 10.9. The molecule has 1 aliphatic rings. The van der Waals surface area contributed by atoms with Crippen LogP contribution in [0, 0.1) is 19.8 Å². The maximum absolute atomic E-state index is 12.6. The standard InChI is InChI=1S/C26H30N6O3/c1-17-4-8-21(9-5-17)32-16-19(15-24(32)33)25(34)27-12-13-28-26-29-18(2)14-23(31-26)30-20-6-10-22(35-3)11-7-20/h4-11,14,19H,12-13,15-16H2,1-3H3,(H,27,34)(H2,28,29,30,31). The summed E-state index contributed by atoms with van der Waals surface area (Å²) in [6.07, 6.45) is 0.217. The molecule has 3 aromatic rings. The lowest BCUT2D eigenvalue weighted by Gasteiger charge is -2.17. The molecular weight excluding hydrogens is 444 g/mol. The minimum absolute atomic E-state index is 0.0304. The van der Waals surface area contributed by atoms with Crippen molar-refractivity contribution in [1.82, 2.24) is 15.3 Å². The van der Waals surface area contributed by atoms with E-state index < -0.39 is 0 Å².